The van der Waals surface area contributed by atoms with Crippen LogP contribution in [0.5, 0.6) is 5.75 Å². The van der Waals surface area contributed by atoms with Gasteiger partial charge < -0.3 is 14.8 Å². The van der Waals surface area contributed by atoms with E-state index in [1.807, 2.05) is 62.4 Å². The second kappa shape index (κ2) is 11.7. The molecule has 8 heteroatoms. The average molecular weight is 449 g/mol. The zero-order valence-electron chi connectivity index (χ0n) is 18.6. The third-order valence-electron chi connectivity index (χ3n) is 4.79. The van der Waals surface area contributed by atoms with Crippen molar-refractivity contribution in [3.05, 3.63) is 54.1 Å². The first-order valence-corrected chi connectivity index (χ1v) is 12.0. The first-order chi connectivity index (χ1) is 14.7. The van der Waals surface area contributed by atoms with Gasteiger partial charge in [-0.2, -0.15) is 0 Å². The number of hydrogen-bond donors (Lipinski definition) is 2. The fourth-order valence-electron chi connectivity index (χ4n) is 2.76. The quantitative estimate of drug-likeness (QED) is 0.509. The summed E-state index contributed by atoms with van der Waals surface area (Å²) >= 11 is 0. The van der Waals surface area contributed by atoms with Gasteiger partial charge in [-0.25, -0.2) is 17.9 Å². The van der Waals surface area contributed by atoms with Crippen molar-refractivity contribution in [2.24, 2.45) is 0 Å². The smallest absolute Gasteiger partial charge is 0.407 e. The summed E-state index contributed by atoms with van der Waals surface area (Å²) in [5.74, 6) is 0.769. The number of alkyl carbamates (subject to hydrolysis) is 1. The largest absolute Gasteiger partial charge is 0.490 e. The Morgan fingerprint density at radius 3 is 2.06 bits per heavy atom. The van der Waals surface area contributed by atoms with Crippen molar-refractivity contribution in [2.75, 3.05) is 26.3 Å². The van der Waals surface area contributed by atoms with Crippen molar-refractivity contribution in [3.8, 4) is 16.9 Å². The molecule has 0 radical (unpaired) electrons. The fourth-order valence-corrected chi connectivity index (χ4v) is 3.58. The van der Waals surface area contributed by atoms with E-state index in [1.54, 1.807) is 13.8 Å². The van der Waals surface area contributed by atoms with Gasteiger partial charge in [0.05, 0.1) is 5.25 Å². The normalized spacial score (nSPS) is 12.4. The summed E-state index contributed by atoms with van der Waals surface area (Å²) in [7, 11) is -3.26. The molecular weight excluding hydrogens is 416 g/mol. The van der Waals surface area contributed by atoms with Crippen LogP contribution in [0.3, 0.4) is 0 Å². The van der Waals surface area contributed by atoms with Crippen molar-refractivity contribution in [1.29, 1.82) is 0 Å². The number of carbonyl (C=O) groups excluding carboxylic acids is 1. The first kappa shape index (κ1) is 24.7. The number of amides is 1. The van der Waals surface area contributed by atoms with Gasteiger partial charge >= 0.3 is 6.09 Å². The summed E-state index contributed by atoms with van der Waals surface area (Å²) in [6.07, 6.45) is -0.448. The lowest BCUT2D eigenvalue weighted by molar-refractivity contribution is 0.125. The molecule has 0 saturated carbocycles. The minimum atomic E-state index is -3.26. The van der Waals surface area contributed by atoms with Gasteiger partial charge in [-0.3, -0.25) is 0 Å². The van der Waals surface area contributed by atoms with E-state index in [9.17, 15) is 13.2 Å². The highest BCUT2D eigenvalue weighted by molar-refractivity contribution is 7.90. The van der Waals surface area contributed by atoms with Crippen LogP contribution in [-0.2, 0) is 14.8 Å². The molecular formula is C23H32N2O5S. The van der Waals surface area contributed by atoms with E-state index in [0.717, 1.165) is 16.7 Å². The topological polar surface area (TPSA) is 93.7 Å². The predicted molar refractivity (Wildman–Crippen MR) is 123 cm³/mol. The van der Waals surface area contributed by atoms with Crippen molar-refractivity contribution in [3.63, 3.8) is 0 Å². The molecule has 0 aromatic heterocycles. The molecule has 7 nitrogen and oxygen atoms in total. The van der Waals surface area contributed by atoms with Gasteiger partial charge in [0, 0.05) is 13.1 Å². The molecule has 2 N–H and O–H groups in total. The third kappa shape index (κ3) is 7.88. The average Bonchev–Trinajstić information content (AvgIpc) is 2.76. The molecule has 0 fully saturated rings. The van der Waals surface area contributed by atoms with Crippen LogP contribution in [0.25, 0.3) is 11.1 Å². The van der Waals surface area contributed by atoms with Crippen LogP contribution >= 0.6 is 0 Å². The molecule has 1 amide bonds. The SMILES string of the molecule is CCNC(=O)OCCOc1ccc(-c2ccc(C(C)CNS(=O)(=O)C(C)C)cc2)cc1. The van der Waals surface area contributed by atoms with E-state index < -0.39 is 21.4 Å². The number of sulfonamides is 1. The number of rotatable bonds is 11. The second-order valence-electron chi connectivity index (χ2n) is 7.50. The molecule has 1 atom stereocenters. The van der Waals surface area contributed by atoms with Gasteiger partial charge in [0.2, 0.25) is 10.0 Å². The summed E-state index contributed by atoms with van der Waals surface area (Å²) in [6, 6.07) is 15.8. The monoisotopic (exact) mass is 448 g/mol. The summed E-state index contributed by atoms with van der Waals surface area (Å²) in [4.78, 5) is 11.2. The Labute approximate surface area is 185 Å². The molecule has 2 aromatic carbocycles. The Hall–Kier alpha value is -2.58. The van der Waals surface area contributed by atoms with Crippen LogP contribution in [0.1, 0.15) is 39.2 Å². The predicted octanol–water partition coefficient (Wildman–Crippen LogP) is 3.91. The lowest BCUT2D eigenvalue weighted by Crippen LogP contribution is -2.33. The minimum Gasteiger partial charge on any atom is -0.490 e. The molecule has 2 rings (SSSR count). The van der Waals surface area contributed by atoms with Gasteiger partial charge in [-0.1, -0.05) is 43.3 Å². The molecule has 170 valence electrons. The lowest BCUT2D eigenvalue weighted by Gasteiger charge is -2.15. The van der Waals surface area contributed by atoms with Gasteiger partial charge in [0.1, 0.15) is 19.0 Å². The van der Waals surface area contributed by atoms with Crippen LogP contribution in [0.15, 0.2) is 48.5 Å². The number of hydrogen-bond acceptors (Lipinski definition) is 5. The maximum absolute atomic E-state index is 11.9. The Balaban J connectivity index is 1.87. The Kier molecular flexibility index (Phi) is 9.33. The summed E-state index contributed by atoms with van der Waals surface area (Å²) in [5, 5.41) is 2.11. The van der Waals surface area contributed by atoms with E-state index in [0.29, 0.717) is 18.8 Å². The van der Waals surface area contributed by atoms with Crippen LogP contribution in [0.4, 0.5) is 4.79 Å². The van der Waals surface area contributed by atoms with E-state index >= 15 is 0 Å². The van der Waals surface area contributed by atoms with Gasteiger partial charge in [-0.15, -0.1) is 0 Å². The Morgan fingerprint density at radius 2 is 1.52 bits per heavy atom. The minimum absolute atomic E-state index is 0.0694. The van der Waals surface area contributed by atoms with Crippen LogP contribution in [0, 0.1) is 0 Å². The van der Waals surface area contributed by atoms with Crippen molar-refractivity contribution >= 4 is 16.1 Å². The maximum Gasteiger partial charge on any atom is 0.407 e. The van der Waals surface area contributed by atoms with Gasteiger partial charge in [-0.05, 0) is 55.5 Å². The first-order valence-electron chi connectivity index (χ1n) is 10.4. The van der Waals surface area contributed by atoms with Crippen molar-refractivity contribution < 1.29 is 22.7 Å². The van der Waals surface area contributed by atoms with Gasteiger partial charge in [0.15, 0.2) is 0 Å². The molecule has 0 aliphatic heterocycles. The molecule has 0 heterocycles. The summed E-state index contributed by atoms with van der Waals surface area (Å²) in [5.41, 5.74) is 3.18. The standard InChI is InChI=1S/C23H32N2O5S/c1-5-24-23(26)30-15-14-29-22-12-10-21(11-13-22)20-8-6-19(7-9-20)18(4)16-25-31(27,28)17(2)3/h6-13,17-18,25H,5,14-16H2,1-4H3,(H,24,26). The van der Waals surface area contributed by atoms with Crippen molar-refractivity contribution in [1.82, 2.24) is 10.0 Å². The van der Waals surface area contributed by atoms with Gasteiger partial charge in [0.25, 0.3) is 0 Å². The van der Waals surface area contributed by atoms with Crippen molar-refractivity contribution in [2.45, 2.75) is 38.9 Å². The Morgan fingerprint density at radius 1 is 0.935 bits per heavy atom. The Bertz CT molecular complexity index is 925. The van der Waals surface area contributed by atoms with E-state index in [2.05, 4.69) is 10.0 Å². The molecule has 1 unspecified atom stereocenters. The van der Waals surface area contributed by atoms with E-state index in [-0.39, 0.29) is 19.1 Å². The van der Waals surface area contributed by atoms with Crippen LogP contribution < -0.4 is 14.8 Å². The zero-order valence-corrected chi connectivity index (χ0v) is 19.4. The number of nitrogens with one attached hydrogen (secondary N) is 2. The lowest BCUT2D eigenvalue weighted by atomic mass is 9.98. The van der Waals surface area contributed by atoms with Crippen LogP contribution in [0.2, 0.25) is 0 Å². The maximum atomic E-state index is 11.9. The highest BCUT2D eigenvalue weighted by Gasteiger charge is 2.17. The molecule has 0 aliphatic carbocycles. The molecule has 0 aliphatic rings. The molecule has 2 aromatic rings. The molecule has 0 saturated heterocycles. The number of ether oxygens (including phenoxy) is 2. The number of benzene rings is 2. The van der Waals surface area contributed by atoms with E-state index in [4.69, 9.17) is 9.47 Å². The fraction of sp³-hybridized carbons (Fsp3) is 0.435. The van der Waals surface area contributed by atoms with Crippen LogP contribution in [-0.4, -0.2) is 46.1 Å². The third-order valence-corrected chi connectivity index (χ3v) is 6.60. The molecule has 0 spiro atoms. The van der Waals surface area contributed by atoms with E-state index in [1.165, 1.54) is 0 Å². The summed E-state index contributed by atoms with van der Waals surface area (Å²) in [6.45, 7) is 8.51. The molecule has 0 bridgehead atoms. The zero-order chi connectivity index (χ0) is 22.9. The highest BCUT2D eigenvalue weighted by Crippen LogP contribution is 2.25. The molecule has 31 heavy (non-hydrogen) atoms. The number of carbonyl (C=O) groups is 1. The second-order valence-corrected chi connectivity index (χ2v) is 9.83. The highest BCUT2D eigenvalue weighted by atomic mass is 32.2. The summed E-state index contributed by atoms with van der Waals surface area (Å²) < 4.78 is 37.1.